The number of nitrogens with one attached hydrogen (secondary N) is 2. The van der Waals surface area contributed by atoms with Gasteiger partial charge in [0.2, 0.25) is 0 Å². The van der Waals surface area contributed by atoms with Gasteiger partial charge in [0.1, 0.15) is 5.82 Å². The summed E-state index contributed by atoms with van der Waals surface area (Å²) in [4.78, 5) is 31.6. The molecule has 1 aliphatic carbocycles. The molecule has 1 saturated carbocycles. The molecular weight excluding hydrogens is 445 g/mol. The van der Waals surface area contributed by atoms with Crippen molar-refractivity contribution in [2.45, 2.75) is 37.8 Å². The van der Waals surface area contributed by atoms with Gasteiger partial charge >= 0.3 is 11.8 Å². The predicted molar refractivity (Wildman–Crippen MR) is 137 cm³/mol. The lowest BCUT2D eigenvalue weighted by molar-refractivity contribution is -0.139. The quantitative estimate of drug-likeness (QED) is 0.596. The largest absolute Gasteiger partial charge is 0.378 e. The summed E-state index contributed by atoms with van der Waals surface area (Å²) in [6.07, 6.45) is 4.08. The third-order valence-electron chi connectivity index (χ3n) is 7.09. The first-order valence-electron chi connectivity index (χ1n) is 12.5. The van der Waals surface area contributed by atoms with Crippen LogP contribution in [0.1, 0.15) is 37.3 Å². The second kappa shape index (κ2) is 11.5. The Balaban J connectivity index is 1.41. The van der Waals surface area contributed by atoms with E-state index in [9.17, 15) is 14.0 Å². The first-order valence-corrected chi connectivity index (χ1v) is 12.5. The number of hydrogen-bond donors (Lipinski definition) is 2. The Morgan fingerprint density at radius 1 is 0.943 bits per heavy atom. The lowest BCUT2D eigenvalue weighted by atomic mass is 10.0. The van der Waals surface area contributed by atoms with Gasteiger partial charge < -0.3 is 20.4 Å². The minimum Gasteiger partial charge on any atom is -0.378 e. The highest BCUT2D eigenvalue weighted by Gasteiger charge is 2.27. The van der Waals surface area contributed by atoms with Crippen molar-refractivity contribution in [3.8, 4) is 0 Å². The molecule has 1 saturated heterocycles. The van der Waals surface area contributed by atoms with Gasteiger partial charge in [-0.15, -0.1) is 0 Å². The normalized spacial score (nSPS) is 17.7. The summed E-state index contributed by atoms with van der Waals surface area (Å²) in [7, 11) is 4.01. The zero-order valence-electron chi connectivity index (χ0n) is 20.7. The number of hydrogen-bond acceptors (Lipinski definition) is 5. The molecule has 2 N–H and O–H groups in total. The van der Waals surface area contributed by atoms with Gasteiger partial charge in [-0.2, -0.15) is 0 Å². The van der Waals surface area contributed by atoms with E-state index >= 15 is 0 Å². The van der Waals surface area contributed by atoms with Crippen LogP contribution in [0.2, 0.25) is 0 Å². The fourth-order valence-corrected chi connectivity index (χ4v) is 4.99. The first kappa shape index (κ1) is 25.0. The van der Waals surface area contributed by atoms with E-state index in [-0.39, 0.29) is 17.9 Å². The fourth-order valence-electron chi connectivity index (χ4n) is 4.99. The molecule has 2 aliphatic rings. The number of benzene rings is 2. The van der Waals surface area contributed by atoms with Gasteiger partial charge in [-0.25, -0.2) is 4.39 Å². The standard InChI is InChI=1S/C27H36FN5O2/c1-31(2)23-11-7-20(8-12-23)25(19-29-26(34)27(35)30-22-5-3-4-6-22)33-17-15-32(16-18-33)24-13-9-21(28)10-14-24/h7-14,22,25H,3-6,15-19H2,1-2H3,(H,29,34)(H,30,35). The predicted octanol–water partition coefficient (Wildman–Crippen LogP) is 2.93. The molecule has 1 heterocycles. The molecule has 2 aromatic carbocycles. The molecule has 35 heavy (non-hydrogen) atoms. The molecule has 0 bridgehead atoms. The Hall–Kier alpha value is -3.13. The smallest absolute Gasteiger partial charge is 0.309 e. The molecule has 2 aromatic rings. The first-order chi connectivity index (χ1) is 16.9. The highest BCUT2D eigenvalue weighted by atomic mass is 19.1. The summed E-state index contributed by atoms with van der Waals surface area (Å²) in [6, 6.07) is 15.0. The van der Waals surface area contributed by atoms with Gasteiger partial charge in [0, 0.05) is 64.2 Å². The number of rotatable bonds is 7. The Morgan fingerprint density at radius 2 is 1.57 bits per heavy atom. The molecule has 7 nitrogen and oxygen atoms in total. The minimum absolute atomic E-state index is 0.0511. The maximum atomic E-state index is 13.3. The molecular formula is C27H36FN5O2. The number of carbonyl (C=O) groups excluding carboxylic acids is 2. The van der Waals surface area contributed by atoms with Crippen molar-refractivity contribution in [2.24, 2.45) is 0 Å². The molecule has 2 amide bonds. The van der Waals surface area contributed by atoms with Crippen LogP contribution in [0.25, 0.3) is 0 Å². The van der Waals surface area contributed by atoms with E-state index in [0.717, 1.165) is 68.8 Å². The Morgan fingerprint density at radius 3 is 2.17 bits per heavy atom. The van der Waals surface area contributed by atoms with Crippen molar-refractivity contribution in [1.82, 2.24) is 15.5 Å². The number of amides is 2. The summed E-state index contributed by atoms with van der Waals surface area (Å²) in [6.45, 7) is 3.54. The van der Waals surface area contributed by atoms with Gasteiger partial charge in [0.25, 0.3) is 0 Å². The Kier molecular flexibility index (Phi) is 8.23. The zero-order valence-corrected chi connectivity index (χ0v) is 20.7. The Labute approximate surface area is 207 Å². The van der Waals surface area contributed by atoms with Crippen LogP contribution in [0.5, 0.6) is 0 Å². The topological polar surface area (TPSA) is 67.9 Å². The van der Waals surface area contributed by atoms with Gasteiger partial charge in [-0.05, 0) is 54.8 Å². The highest BCUT2D eigenvalue weighted by molar-refractivity contribution is 6.35. The van der Waals surface area contributed by atoms with Crippen molar-refractivity contribution in [3.63, 3.8) is 0 Å². The highest BCUT2D eigenvalue weighted by Crippen LogP contribution is 2.26. The van der Waals surface area contributed by atoms with Crippen molar-refractivity contribution in [2.75, 3.05) is 56.6 Å². The van der Waals surface area contributed by atoms with Crippen LogP contribution in [-0.2, 0) is 9.59 Å². The van der Waals surface area contributed by atoms with E-state index in [2.05, 4.69) is 49.6 Å². The summed E-state index contributed by atoms with van der Waals surface area (Å²) >= 11 is 0. The molecule has 1 aliphatic heterocycles. The molecule has 2 fully saturated rings. The fraction of sp³-hybridized carbons (Fsp3) is 0.481. The van der Waals surface area contributed by atoms with E-state index < -0.39 is 11.8 Å². The molecule has 188 valence electrons. The third-order valence-corrected chi connectivity index (χ3v) is 7.09. The lowest BCUT2D eigenvalue weighted by Gasteiger charge is -2.40. The van der Waals surface area contributed by atoms with Gasteiger partial charge in [-0.3, -0.25) is 14.5 Å². The van der Waals surface area contributed by atoms with Crippen molar-refractivity contribution < 1.29 is 14.0 Å². The summed E-state index contributed by atoms with van der Waals surface area (Å²) in [5.41, 5.74) is 3.21. The number of halogens is 1. The van der Waals surface area contributed by atoms with E-state index in [1.807, 2.05) is 26.2 Å². The summed E-state index contributed by atoms with van der Waals surface area (Å²) in [5.74, 6) is -1.35. The number of carbonyl (C=O) groups is 2. The van der Waals surface area contributed by atoms with Gasteiger partial charge in [-0.1, -0.05) is 25.0 Å². The van der Waals surface area contributed by atoms with E-state index in [0.29, 0.717) is 6.54 Å². The van der Waals surface area contributed by atoms with Crippen molar-refractivity contribution in [1.29, 1.82) is 0 Å². The zero-order chi connectivity index (χ0) is 24.8. The van der Waals surface area contributed by atoms with E-state index in [1.165, 1.54) is 12.1 Å². The number of nitrogens with zero attached hydrogens (tertiary/aromatic N) is 3. The second-order valence-corrected chi connectivity index (χ2v) is 9.67. The average molecular weight is 482 g/mol. The van der Waals surface area contributed by atoms with Crippen molar-refractivity contribution in [3.05, 3.63) is 59.9 Å². The lowest BCUT2D eigenvalue weighted by Crippen LogP contribution is -2.51. The summed E-state index contributed by atoms with van der Waals surface area (Å²) in [5, 5.41) is 5.75. The molecule has 4 rings (SSSR count). The molecule has 1 atom stereocenters. The molecule has 8 heteroatoms. The maximum Gasteiger partial charge on any atom is 0.309 e. The van der Waals surface area contributed by atoms with Crippen molar-refractivity contribution >= 4 is 23.2 Å². The molecule has 0 spiro atoms. The molecule has 0 aromatic heterocycles. The maximum absolute atomic E-state index is 13.3. The van der Waals surface area contributed by atoms with Crippen LogP contribution in [0.15, 0.2) is 48.5 Å². The monoisotopic (exact) mass is 481 g/mol. The minimum atomic E-state index is -0.572. The number of anilines is 2. The van der Waals surface area contributed by atoms with E-state index in [1.54, 1.807) is 0 Å². The van der Waals surface area contributed by atoms with Crippen LogP contribution >= 0.6 is 0 Å². The van der Waals surface area contributed by atoms with Gasteiger partial charge in [0.05, 0.1) is 6.04 Å². The number of piperazine rings is 1. The van der Waals surface area contributed by atoms with Gasteiger partial charge in [0.15, 0.2) is 0 Å². The van der Waals surface area contributed by atoms with E-state index in [4.69, 9.17) is 0 Å². The van der Waals surface area contributed by atoms with Crippen LogP contribution < -0.4 is 20.4 Å². The SMILES string of the molecule is CN(C)c1ccc(C(CNC(=O)C(=O)NC2CCCC2)N2CCN(c3ccc(F)cc3)CC2)cc1. The molecule has 0 radical (unpaired) electrons. The second-order valence-electron chi connectivity index (χ2n) is 9.67. The Bertz CT molecular complexity index is 982. The van der Waals surface area contributed by atoms with Crippen LogP contribution in [0, 0.1) is 5.82 Å². The average Bonchev–Trinajstić information content (AvgIpc) is 3.38. The molecule has 1 unspecified atom stereocenters. The van der Waals surface area contributed by atoms with Crippen LogP contribution in [-0.4, -0.2) is 69.6 Å². The summed E-state index contributed by atoms with van der Waals surface area (Å²) < 4.78 is 13.3. The van der Waals surface area contributed by atoms with Crippen LogP contribution in [0.3, 0.4) is 0 Å². The third kappa shape index (κ3) is 6.51. The van der Waals surface area contributed by atoms with Crippen LogP contribution in [0.4, 0.5) is 15.8 Å².